The first-order chi connectivity index (χ1) is 12.5. The molecule has 2 rings (SSSR count). The summed E-state index contributed by atoms with van der Waals surface area (Å²) in [5, 5.41) is 5.07. The number of urea groups is 1. The van der Waals surface area contributed by atoms with Gasteiger partial charge in [0, 0.05) is 6.54 Å². The Balaban J connectivity index is 1.80. The maximum Gasteiger partial charge on any atom is 0.321 e. The van der Waals surface area contributed by atoms with Crippen molar-refractivity contribution in [2.75, 3.05) is 19.7 Å². The highest BCUT2D eigenvalue weighted by molar-refractivity contribution is 5.96. The molecule has 7 heteroatoms. The lowest BCUT2D eigenvalue weighted by atomic mass is 9.97. The normalized spacial score (nSPS) is 20.7. The van der Waals surface area contributed by atoms with Gasteiger partial charge in [-0.25, -0.2) is 4.79 Å². The summed E-state index contributed by atoms with van der Waals surface area (Å²) in [5.74, 6) is -0.714. The summed E-state index contributed by atoms with van der Waals surface area (Å²) in [7, 11) is 0. The molecule has 142 valence electrons. The Kier molecular flexibility index (Phi) is 7.59. The van der Waals surface area contributed by atoms with Gasteiger partial charge in [-0.3, -0.25) is 14.9 Å². The molecule has 1 aliphatic heterocycles. The van der Waals surface area contributed by atoms with Crippen molar-refractivity contribution in [2.24, 2.45) is 5.92 Å². The lowest BCUT2D eigenvalue weighted by Crippen LogP contribution is -3.18. The summed E-state index contributed by atoms with van der Waals surface area (Å²) in [6, 6.07) is 8.57. The summed E-state index contributed by atoms with van der Waals surface area (Å²) in [5.41, 5.74) is 0.960. The van der Waals surface area contributed by atoms with Crippen molar-refractivity contribution >= 4 is 17.9 Å². The van der Waals surface area contributed by atoms with E-state index in [1.807, 2.05) is 30.3 Å². The SMILES string of the molecule is CCOC(=O)[C@@H]1CCC[NH+]([C@@H](C)C(=O)NC(=O)NCc2ccccc2)C1. The van der Waals surface area contributed by atoms with E-state index < -0.39 is 12.1 Å². The number of esters is 1. The maximum atomic E-state index is 12.4. The predicted octanol–water partition coefficient (Wildman–Crippen LogP) is 0.259. The quantitative estimate of drug-likeness (QED) is 0.634. The topological polar surface area (TPSA) is 88.9 Å². The lowest BCUT2D eigenvalue weighted by molar-refractivity contribution is -0.921. The summed E-state index contributed by atoms with van der Waals surface area (Å²) in [6.07, 6.45) is 1.64. The molecule has 0 spiro atoms. The van der Waals surface area contributed by atoms with E-state index in [0.29, 0.717) is 19.7 Å². The molecular weight excluding hydrogens is 334 g/mol. The van der Waals surface area contributed by atoms with Crippen LogP contribution in [0.15, 0.2) is 30.3 Å². The molecule has 1 heterocycles. The molecular formula is C19H28N3O4+. The Morgan fingerprint density at radius 1 is 1.27 bits per heavy atom. The highest BCUT2D eigenvalue weighted by Gasteiger charge is 2.35. The Bertz CT molecular complexity index is 620. The number of carbonyl (C=O) groups is 3. The van der Waals surface area contributed by atoms with Gasteiger partial charge in [-0.05, 0) is 32.3 Å². The monoisotopic (exact) mass is 362 g/mol. The van der Waals surface area contributed by atoms with Gasteiger partial charge >= 0.3 is 12.0 Å². The van der Waals surface area contributed by atoms with Crippen LogP contribution in [0.1, 0.15) is 32.3 Å². The van der Waals surface area contributed by atoms with Gasteiger partial charge < -0.3 is 15.0 Å². The van der Waals surface area contributed by atoms with Crippen molar-refractivity contribution in [3.63, 3.8) is 0 Å². The van der Waals surface area contributed by atoms with E-state index in [0.717, 1.165) is 29.8 Å². The average molecular weight is 362 g/mol. The third-order valence-electron chi connectivity index (χ3n) is 4.72. The second kappa shape index (κ2) is 9.91. The number of quaternary nitrogens is 1. The summed E-state index contributed by atoms with van der Waals surface area (Å²) >= 11 is 0. The number of rotatable bonds is 6. The molecule has 3 atom stereocenters. The highest BCUT2D eigenvalue weighted by Crippen LogP contribution is 2.10. The zero-order valence-corrected chi connectivity index (χ0v) is 15.4. The van der Waals surface area contributed by atoms with Gasteiger partial charge in [-0.1, -0.05) is 30.3 Å². The van der Waals surface area contributed by atoms with Crippen molar-refractivity contribution in [1.82, 2.24) is 10.6 Å². The van der Waals surface area contributed by atoms with Crippen molar-refractivity contribution in [1.29, 1.82) is 0 Å². The molecule has 0 bridgehead atoms. The van der Waals surface area contributed by atoms with Crippen LogP contribution < -0.4 is 15.5 Å². The van der Waals surface area contributed by atoms with E-state index >= 15 is 0 Å². The van der Waals surface area contributed by atoms with Crippen LogP contribution in [0.2, 0.25) is 0 Å². The first-order valence-corrected chi connectivity index (χ1v) is 9.15. The van der Waals surface area contributed by atoms with Crippen LogP contribution >= 0.6 is 0 Å². The Hall–Kier alpha value is -2.41. The molecule has 0 aliphatic carbocycles. The number of benzene rings is 1. The molecule has 1 unspecified atom stereocenters. The fourth-order valence-electron chi connectivity index (χ4n) is 3.18. The Morgan fingerprint density at radius 2 is 2.00 bits per heavy atom. The number of amides is 3. The first-order valence-electron chi connectivity index (χ1n) is 9.15. The predicted molar refractivity (Wildman–Crippen MR) is 96.3 cm³/mol. The van der Waals surface area contributed by atoms with Gasteiger partial charge in [0.1, 0.15) is 5.92 Å². The van der Waals surface area contributed by atoms with E-state index in [1.165, 1.54) is 0 Å². The standard InChI is InChI=1S/C19H27N3O4/c1-3-26-18(24)16-10-7-11-22(13-16)14(2)17(23)21-19(25)20-12-15-8-5-4-6-9-15/h4-6,8-9,14,16H,3,7,10-13H2,1-2H3,(H2,20,21,23,25)/p+1/t14-,16+/m0/s1. The number of nitrogens with one attached hydrogen (secondary N) is 3. The number of carbonyl (C=O) groups excluding carboxylic acids is 3. The average Bonchev–Trinajstić information content (AvgIpc) is 2.67. The van der Waals surface area contributed by atoms with E-state index in [4.69, 9.17) is 4.74 Å². The summed E-state index contributed by atoms with van der Waals surface area (Å²) in [6.45, 7) is 5.64. The van der Waals surface area contributed by atoms with Crippen molar-refractivity contribution < 1.29 is 24.0 Å². The van der Waals surface area contributed by atoms with Crippen LogP contribution in [0.4, 0.5) is 4.79 Å². The van der Waals surface area contributed by atoms with Crippen molar-refractivity contribution in [2.45, 2.75) is 39.3 Å². The molecule has 0 aromatic heterocycles. The molecule has 1 saturated heterocycles. The number of ether oxygens (including phenoxy) is 1. The number of likely N-dealkylation sites (tertiary alicyclic amines) is 1. The highest BCUT2D eigenvalue weighted by atomic mass is 16.5. The lowest BCUT2D eigenvalue weighted by Gasteiger charge is -2.32. The maximum absolute atomic E-state index is 12.4. The van der Waals surface area contributed by atoms with Crippen LogP contribution in [0.5, 0.6) is 0 Å². The molecule has 1 fully saturated rings. The molecule has 26 heavy (non-hydrogen) atoms. The minimum Gasteiger partial charge on any atom is -0.466 e. The van der Waals surface area contributed by atoms with Gasteiger partial charge in [0.25, 0.3) is 5.91 Å². The van der Waals surface area contributed by atoms with Gasteiger partial charge in [0.2, 0.25) is 0 Å². The van der Waals surface area contributed by atoms with E-state index in [9.17, 15) is 14.4 Å². The molecule has 1 aromatic rings. The zero-order valence-electron chi connectivity index (χ0n) is 15.4. The van der Waals surface area contributed by atoms with Crippen LogP contribution in [-0.2, 0) is 20.9 Å². The molecule has 1 aromatic carbocycles. The second-order valence-corrected chi connectivity index (χ2v) is 6.58. The van der Waals surface area contributed by atoms with Gasteiger partial charge in [0.05, 0.1) is 19.7 Å². The summed E-state index contributed by atoms with van der Waals surface area (Å²) < 4.78 is 5.09. The molecule has 0 saturated carbocycles. The third-order valence-corrected chi connectivity index (χ3v) is 4.72. The number of hydrogen-bond acceptors (Lipinski definition) is 4. The Morgan fingerprint density at radius 3 is 2.69 bits per heavy atom. The minimum absolute atomic E-state index is 0.180. The van der Waals surface area contributed by atoms with Crippen molar-refractivity contribution in [3.05, 3.63) is 35.9 Å². The molecule has 1 aliphatic rings. The first kappa shape index (κ1) is 19.9. The number of hydrogen-bond donors (Lipinski definition) is 3. The zero-order chi connectivity index (χ0) is 18.9. The molecule has 0 radical (unpaired) electrons. The smallest absolute Gasteiger partial charge is 0.321 e. The third kappa shape index (κ3) is 5.84. The van der Waals surface area contributed by atoms with E-state index in [1.54, 1.807) is 13.8 Å². The van der Waals surface area contributed by atoms with Gasteiger partial charge in [-0.15, -0.1) is 0 Å². The van der Waals surface area contributed by atoms with E-state index in [-0.39, 0.29) is 17.8 Å². The fourth-order valence-corrected chi connectivity index (χ4v) is 3.18. The molecule has 3 N–H and O–H groups in total. The Labute approximate surface area is 154 Å². The number of piperidine rings is 1. The minimum atomic E-state index is -0.510. The van der Waals surface area contributed by atoms with Crippen molar-refractivity contribution in [3.8, 4) is 0 Å². The fraction of sp³-hybridized carbons (Fsp3) is 0.526. The van der Waals surface area contributed by atoms with Gasteiger partial charge in [-0.2, -0.15) is 0 Å². The van der Waals surface area contributed by atoms with Crippen LogP contribution in [0, 0.1) is 5.92 Å². The molecule has 3 amide bonds. The second-order valence-electron chi connectivity index (χ2n) is 6.58. The number of imide groups is 1. The van der Waals surface area contributed by atoms with Crippen LogP contribution in [0.25, 0.3) is 0 Å². The van der Waals surface area contributed by atoms with Crippen LogP contribution in [0.3, 0.4) is 0 Å². The largest absolute Gasteiger partial charge is 0.466 e. The van der Waals surface area contributed by atoms with Gasteiger partial charge in [0.15, 0.2) is 6.04 Å². The van der Waals surface area contributed by atoms with Crippen LogP contribution in [-0.4, -0.2) is 43.6 Å². The summed E-state index contributed by atoms with van der Waals surface area (Å²) in [4.78, 5) is 37.2. The molecule has 7 nitrogen and oxygen atoms in total. The van der Waals surface area contributed by atoms with E-state index in [2.05, 4.69) is 10.6 Å².